The van der Waals surface area contributed by atoms with E-state index < -0.39 is 0 Å². The molecule has 1 fully saturated rings. The number of hydrogen-bond acceptors (Lipinski definition) is 1. The Morgan fingerprint density at radius 3 is 2.76 bits per heavy atom. The molecule has 0 unspecified atom stereocenters. The normalized spacial score (nSPS) is 17.1. The fourth-order valence-electron chi connectivity index (χ4n) is 2.69. The summed E-state index contributed by atoms with van der Waals surface area (Å²) >= 11 is 3.57. The molecule has 2 heteroatoms. The van der Waals surface area contributed by atoms with Gasteiger partial charge in [-0.1, -0.05) is 54.1 Å². The van der Waals surface area contributed by atoms with Gasteiger partial charge in [0, 0.05) is 16.7 Å². The zero-order valence-corrected chi connectivity index (χ0v) is 12.2. The van der Waals surface area contributed by atoms with Crippen LogP contribution in [0.1, 0.15) is 44.1 Å². The third-order valence-corrected chi connectivity index (χ3v) is 4.72. The maximum atomic E-state index is 3.57. The molecule has 0 bridgehead atoms. The summed E-state index contributed by atoms with van der Waals surface area (Å²) < 4.78 is 1.19. The lowest BCUT2D eigenvalue weighted by atomic mass is 9.87. The molecule has 0 aromatic heterocycles. The molecule has 0 atom stereocenters. The van der Waals surface area contributed by atoms with Crippen LogP contribution in [0.5, 0.6) is 0 Å². The van der Waals surface area contributed by atoms with Crippen molar-refractivity contribution in [2.75, 3.05) is 11.9 Å². The molecule has 2 rings (SSSR count). The van der Waals surface area contributed by atoms with Crippen LogP contribution in [0.2, 0.25) is 0 Å². The van der Waals surface area contributed by atoms with Crippen LogP contribution in [0, 0.1) is 12.8 Å². The first-order valence-electron chi connectivity index (χ1n) is 6.76. The van der Waals surface area contributed by atoms with Gasteiger partial charge >= 0.3 is 0 Å². The molecular weight excluding hydrogens is 274 g/mol. The number of halogens is 1. The highest BCUT2D eigenvalue weighted by atomic mass is 79.9. The van der Waals surface area contributed by atoms with Crippen molar-refractivity contribution in [3.63, 3.8) is 0 Å². The van der Waals surface area contributed by atoms with Crippen LogP contribution in [0.25, 0.3) is 0 Å². The Labute approximate surface area is 113 Å². The van der Waals surface area contributed by atoms with Crippen LogP contribution in [-0.4, -0.2) is 6.54 Å². The zero-order chi connectivity index (χ0) is 12.1. The number of benzene rings is 1. The summed E-state index contributed by atoms with van der Waals surface area (Å²) in [7, 11) is 0. The number of nitrogens with one attached hydrogen (secondary N) is 1. The van der Waals surface area contributed by atoms with Gasteiger partial charge in [-0.25, -0.2) is 0 Å². The minimum absolute atomic E-state index is 0.962. The second-order valence-corrected chi connectivity index (χ2v) is 5.99. The molecule has 1 aliphatic rings. The summed E-state index contributed by atoms with van der Waals surface area (Å²) in [5.74, 6) is 0.962. The summed E-state index contributed by atoms with van der Waals surface area (Å²) in [4.78, 5) is 0. The first-order chi connectivity index (χ1) is 8.27. The first-order valence-corrected chi connectivity index (χ1v) is 7.55. The lowest BCUT2D eigenvalue weighted by Crippen LogP contribution is -2.12. The van der Waals surface area contributed by atoms with Gasteiger partial charge in [0.15, 0.2) is 0 Å². The molecule has 0 aliphatic heterocycles. The van der Waals surface area contributed by atoms with Crippen molar-refractivity contribution >= 4 is 21.6 Å². The van der Waals surface area contributed by atoms with E-state index in [0.717, 1.165) is 12.5 Å². The van der Waals surface area contributed by atoms with E-state index in [4.69, 9.17) is 0 Å². The number of hydrogen-bond donors (Lipinski definition) is 1. The second kappa shape index (κ2) is 6.44. The Morgan fingerprint density at radius 2 is 2.00 bits per heavy atom. The topological polar surface area (TPSA) is 12.0 Å². The summed E-state index contributed by atoms with van der Waals surface area (Å²) in [6.07, 6.45) is 8.56. The third kappa shape index (κ3) is 3.74. The van der Waals surface area contributed by atoms with Crippen molar-refractivity contribution in [1.82, 2.24) is 0 Å². The van der Waals surface area contributed by atoms with Gasteiger partial charge in [-0.3, -0.25) is 0 Å². The molecule has 0 saturated heterocycles. The minimum Gasteiger partial charge on any atom is -0.385 e. The SMILES string of the molecule is Cc1c(Br)cccc1NCCC1CCCCC1. The molecule has 1 aromatic carbocycles. The Hall–Kier alpha value is -0.500. The van der Waals surface area contributed by atoms with Crippen molar-refractivity contribution in [3.05, 3.63) is 28.2 Å². The van der Waals surface area contributed by atoms with Crippen LogP contribution in [0.3, 0.4) is 0 Å². The highest BCUT2D eigenvalue weighted by molar-refractivity contribution is 9.10. The van der Waals surface area contributed by atoms with Gasteiger partial charge in [0.05, 0.1) is 0 Å². The molecule has 0 spiro atoms. The molecular formula is C15H22BrN. The smallest absolute Gasteiger partial charge is 0.0381 e. The van der Waals surface area contributed by atoms with Crippen molar-refractivity contribution in [2.45, 2.75) is 45.4 Å². The highest BCUT2D eigenvalue weighted by Crippen LogP contribution is 2.27. The molecule has 1 aromatic rings. The monoisotopic (exact) mass is 295 g/mol. The molecule has 0 amide bonds. The van der Waals surface area contributed by atoms with E-state index in [9.17, 15) is 0 Å². The molecule has 1 N–H and O–H groups in total. The van der Waals surface area contributed by atoms with E-state index in [2.05, 4.69) is 46.4 Å². The van der Waals surface area contributed by atoms with Crippen LogP contribution in [0.4, 0.5) is 5.69 Å². The van der Waals surface area contributed by atoms with Gasteiger partial charge in [0.1, 0.15) is 0 Å². The van der Waals surface area contributed by atoms with Crippen molar-refractivity contribution in [2.24, 2.45) is 5.92 Å². The Kier molecular flexibility index (Phi) is 4.90. The molecule has 1 aliphatic carbocycles. The Balaban J connectivity index is 1.79. The van der Waals surface area contributed by atoms with Crippen LogP contribution in [0.15, 0.2) is 22.7 Å². The average Bonchev–Trinajstić information content (AvgIpc) is 2.36. The second-order valence-electron chi connectivity index (χ2n) is 5.13. The Morgan fingerprint density at radius 1 is 1.24 bits per heavy atom. The summed E-state index contributed by atoms with van der Waals surface area (Å²) in [6.45, 7) is 3.27. The summed E-state index contributed by atoms with van der Waals surface area (Å²) in [6, 6.07) is 6.36. The van der Waals surface area contributed by atoms with Crippen molar-refractivity contribution < 1.29 is 0 Å². The molecule has 1 saturated carbocycles. The van der Waals surface area contributed by atoms with Crippen LogP contribution in [-0.2, 0) is 0 Å². The van der Waals surface area contributed by atoms with Gasteiger partial charge in [-0.2, -0.15) is 0 Å². The fraction of sp³-hybridized carbons (Fsp3) is 0.600. The summed E-state index contributed by atoms with van der Waals surface area (Å²) in [5.41, 5.74) is 2.59. The maximum Gasteiger partial charge on any atom is 0.0381 e. The molecule has 1 nitrogen and oxygen atoms in total. The van der Waals surface area contributed by atoms with Gasteiger partial charge in [0.25, 0.3) is 0 Å². The van der Waals surface area contributed by atoms with Crippen molar-refractivity contribution in [1.29, 1.82) is 0 Å². The minimum atomic E-state index is 0.962. The quantitative estimate of drug-likeness (QED) is 0.811. The predicted octanol–water partition coefficient (Wildman–Crippen LogP) is 5.14. The summed E-state index contributed by atoms with van der Waals surface area (Å²) in [5, 5.41) is 3.57. The largest absolute Gasteiger partial charge is 0.385 e. The standard InChI is InChI=1S/C15H22BrN/c1-12-14(16)8-5-9-15(12)17-11-10-13-6-3-2-4-7-13/h5,8-9,13,17H,2-4,6-7,10-11H2,1H3. The average molecular weight is 296 g/mol. The van der Waals surface area contributed by atoms with E-state index in [1.807, 2.05) is 0 Å². The lowest BCUT2D eigenvalue weighted by molar-refractivity contribution is 0.345. The molecule has 17 heavy (non-hydrogen) atoms. The van der Waals surface area contributed by atoms with Gasteiger partial charge in [-0.15, -0.1) is 0 Å². The van der Waals surface area contributed by atoms with Crippen LogP contribution >= 0.6 is 15.9 Å². The zero-order valence-electron chi connectivity index (χ0n) is 10.6. The lowest BCUT2D eigenvalue weighted by Gasteiger charge is -2.22. The molecule has 0 radical (unpaired) electrons. The Bertz CT molecular complexity index is 356. The maximum absolute atomic E-state index is 3.57. The van der Waals surface area contributed by atoms with E-state index in [-0.39, 0.29) is 0 Å². The molecule has 94 valence electrons. The van der Waals surface area contributed by atoms with Crippen LogP contribution < -0.4 is 5.32 Å². The van der Waals surface area contributed by atoms with E-state index in [1.54, 1.807) is 0 Å². The van der Waals surface area contributed by atoms with E-state index in [0.29, 0.717) is 0 Å². The third-order valence-electron chi connectivity index (χ3n) is 3.86. The van der Waals surface area contributed by atoms with E-state index >= 15 is 0 Å². The first kappa shape index (κ1) is 12.9. The van der Waals surface area contributed by atoms with Crippen molar-refractivity contribution in [3.8, 4) is 0 Å². The van der Waals surface area contributed by atoms with E-state index in [1.165, 1.54) is 54.2 Å². The van der Waals surface area contributed by atoms with Gasteiger partial charge in [0.2, 0.25) is 0 Å². The van der Waals surface area contributed by atoms with Gasteiger partial charge in [-0.05, 0) is 37.0 Å². The fourth-order valence-corrected chi connectivity index (χ4v) is 3.05. The number of rotatable bonds is 4. The highest BCUT2D eigenvalue weighted by Gasteiger charge is 2.12. The molecule has 0 heterocycles. The number of anilines is 1. The predicted molar refractivity (Wildman–Crippen MR) is 78.6 cm³/mol. The van der Waals surface area contributed by atoms with Gasteiger partial charge < -0.3 is 5.32 Å².